The lowest BCUT2D eigenvalue weighted by Crippen LogP contribution is -2.43. The first-order valence-electron chi connectivity index (χ1n) is 7.62. The predicted octanol–water partition coefficient (Wildman–Crippen LogP) is 1.02. The molecule has 0 saturated carbocycles. The molecule has 7 nitrogen and oxygen atoms in total. The van der Waals surface area contributed by atoms with Gasteiger partial charge in [-0.3, -0.25) is 4.68 Å². The van der Waals surface area contributed by atoms with Crippen LogP contribution in [0.25, 0.3) is 16.6 Å². The van der Waals surface area contributed by atoms with Gasteiger partial charge >= 0.3 is 0 Å². The third-order valence-corrected chi connectivity index (χ3v) is 4.21. The van der Waals surface area contributed by atoms with Crippen molar-refractivity contribution in [2.24, 2.45) is 7.05 Å². The van der Waals surface area contributed by atoms with Gasteiger partial charge in [0, 0.05) is 56.7 Å². The average molecular weight is 307 g/mol. The van der Waals surface area contributed by atoms with Crippen molar-refractivity contribution in [3.8, 4) is 17.2 Å². The highest BCUT2D eigenvalue weighted by Crippen LogP contribution is 2.30. The molecule has 0 unspecified atom stereocenters. The molecule has 0 bridgehead atoms. The van der Waals surface area contributed by atoms with Crippen LogP contribution in [0.15, 0.2) is 30.9 Å². The maximum atomic E-state index is 9.39. The Morgan fingerprint density at radius 3 is 2.65 bits per heavy atom. The fraction of sp³-hybridized carbons (Fsp3) is 0.312. The smallest absolute Gasteiger partial charge is 0.107 e. The number of anilines is 1. The topological polar surface area (TPSA) is 74.2 Å². The predicted molar refractivity (Wildman–Crippen MR) is 87.2 cm³/mol. The van der Waals surface area contributed by atoms with Crippen LogP contribution in [-0.2, 0) is 7.05 Å². The van der Waals surface area contributed by atoms with Crippen LogP contribution in [0.4, 0.5) is 5.69 Å². The Morgan fingerprint density at radius 1 is 1.13 bits per heavy atom. The average Bonchev–Trinajstić information content (AvgIpc) is 3.20. The highest BCUT2D eigenvalue weighted by Gasteiger charge is 2.19. The van der Waals surface area contributed by atoms with E-state index in [2.05, 4.69) is 32.5 Å². The van der Waals surface area contributed by atoms with Crippen LogP contribution >= 0.6 is 0 Å². The van der Waals surface area contributed by atoms with Crippen LogP contribution in [0.5, 0.6) is 0 Å². The van der Waals surface area contributed by atoms with Gasteiger partial charge in [-0.05, 0) is 6.07 Å². The molecular formula is C16H17N7. The van der Waals surface area contributed by atoms with Crippen LogP contribution in [0.3, 0.4) is 0 Å². The van der Waals surface area contributed by atoms with Crippen LogP contribution in [-0.4, -0.2) is 45.6 Å². The van der Waals surface area contributed by atoms with E-state index in [1.807, 2.05) is 25.6 Å². The summed E-state index contributed by atoms with van der Waals surface area (Å²) >= 11 is 0. The second kappa shape index (κ2) is 5.41. The number of nitriles is 1. The van der Waals surface area contributed by atoms with Crippen molar-refractivity contribution in [3.63, 3.8) is 0 Å². The summed E-state index contributed by atoms with van der Waals surface area (Å²) in [4.78, 5) is 2.31. The van der Waals surface area contributed by atoms with E-state index >= 15 is 0 Å². The van der Waals surface area contributed by atoms with Gasteiger partial charge in [0.1, 0.15) is 11.6 Å². The Balaban J connectivity index is 1.92. The molecule has 3 aromatic rings. The molecule has 1 saturated heterocycles. The Bertz CT molecular complexity index is 893. The SMILES string of the molecule is Cn1cc(-c2cc(N3CCNCC3)c3c(C#N)cnn3c2)cn1. The van der Waals surface area contributed by atoms with Gasteiger partial charge in [0.05, 0.1) is 23.6 Å². The number of pyridine rings is 1. The minimum Gasteiger partial charge on any atom is -0.367 e. The van der Waals surface area contributed by atoms with E-state index in [4.69, 9.17) is 0 Å². The summed E-state index contributed by atoms with van der Waals surface area (Å²) in [5.41, 5.74) is 4.63. The van der Waals surface area contributed by atoms with E-state index in [1.54, 1.807) is 15.4 Å². The third-order valence-electron chi connectivity index (χ3n) is 4.21. The molecule has 0 amide bonds. The van der Waals surface area contributed by atoms with Crippen molar-refractivity contribution < 1.29 is 0 Å². The molecule has 0 atom stereocenters. The molecule has 7 heteroatoms. The first-order chi connectivity index (χ1) is 11.3. The molecule has 0 radical (unpaired) electrons. The number of aryl methyl sites for hydroxylation is 1. The molecule has 0 spiro atoms. The lowest BCUT2D eigenvalue weighted by molar-refractivity contribution is 0.589. The number of hydrogen-bond acceptors (Lipinski definition) is 5. The van der Waals surface area contributed by atoms with Crippen molar-refractivity contribution in [2.45, 2.75) is 0 Å². The minimum absolute atomic E-state index is 0.608. The van der Waals surface area contributed by atoms with Gasteiger partial charge in [-0.1, -0.05) is 0 Å². The molecule has 1 fully saturated rings. The Morgan fingerprint density at radius 2 is 1.96 bits per heavy atom. The zero-order valence-corrected chi connectivity index (χ0v) is 12.9. The molecular weight excluding hydrogens is 290 g/mol. The first-order valence-corrected chi connectivity index (χ1v) is 7.62. The summed E-state index contributed by atoms with van der Waals surface area (Å²) in [7, 11) is 1.90. The van der Waals surface area contributed by atoms with Crippen LogP contribution in [0, 0.1) is 11.3 Å². The van der Waals surface area contributed by atoms with Gasteiger partial charge in [0.25, 0.3) is 0 Å². The van der Waals surface area contributed by atoms with Crippen molar-refractivity contribution in [3.05, 3.63) is 36.4 Å². The van der Waals surface area contributed by atoms with E-state index in [-0.39, 0.29) is 0 Å². The second-order valence-electron chi connectivity index (χ2n) is 5.72. The standard InChI is InChI=1S/C16H17N7/c1-21-10-14(9-19-21)12-6-15(22-4-2-18-3-5-22)16-13(7-17)8-20-23(16)11-12/h6,8-11,18H,2-5H2,1H3. The summed E-state index contributed by atoms with van der Waals surface area (Å²) < 4.78 is 3.59. The van der Waals surface area contributed by atoms with E-state index < -0.39 is 0 Å². The third kappa shape index (κ3) is 2.33. The molecule has 23 heavy (non-hydrogen) atoms. The second-order valence-corrected chi connectivity index (χ2v) is 5.72. The number of nitrogens with zero attached hydrogens (tertiary/aromatic N) is 6. The van der Waals surface area contributed by atoms with Crippen molar-refractivity contribution >= 4 is 11.2 Å². The highest BCUT2D eigenvalue weighted by atomic mass is 15.3. The summed E-state index contributed by atoms with van der Waals surface area (Å²) in [6.07, 6.45) is 7.42. The summed E-state index contributed by atoms with van der Waals surface area (Å²) in [6.45, 7) is 3.73. The van der Waals surface area contributed by atoms with Crippen molar-refractivity contribution in [1.82, 2.24) is 24.7 Å². The Labute approximate surface area is 133 Å². The van der Waals surface area contributed by atoms with Crippen LogP contribution in [0.1, 0.15) is 5.56 Å². The molecule has 1 aliphatic heterocycles. The summed E-state index contributed by atoms with van der Waals surface area (Å²) in [5, 5.41) is 21.4. The zero-order chi connectivity index (χ0) is 15.8. The largest absolute Gasteiger partial charge is 0.367 e. The zero-order valence-electron chi connectivity index (χ0n) is 12.9. The van der Waals surface area contributed by atoms with Crippen LogP contribution in [0.2, 0.25) is 0 Å². The molecule has 0 aliphatic carbocycles. The number of fused-ring (bicyclic) bond motifs is 1. The molecule has 4 heterocycles. The van der Waals surface area contributed by atoms with E-state index in [1.165, 1.54) is 0 Å². The van der Waals surface area contributed by atoms with Crippen molar-refractivity contribution in [2.75, 3.05) is 31.1 Å². The van der Waals surface area contributed by atoms with Gasteiger partial charge in [0.2, 0.25) is 0 Å². The van der Waals surface area contributed by atoms with Gasteiger partial charge < -0.3 is 10.2 Å². The fourth-order valence-electron chi connectivity index (χ4n) is 3.06. The first kappa shape index (κ1) is 13.8. The molecule has 0 aromatic carbocycles. The van der Waals surface area contributed by atoms with E-state index in [9.17, 15) is 5.26 Å². The molecule has 1 aliphatic rings. The fourth-order valence-corrected chi connectivity index (χ4v) is 3.06. The monoisotopic (exact) mass is 307 g/mol. The van der Waals surface area contributed by atoms with E-state index in [0.717, 1.165) is 48.5 Å². The number of hydrogen-bond donors (Lipinski definition) is 1. The van der Waals surface area contributed by atoms with Gasteiger partial charge in [0.15, 0.2) is 0 Å². The number of piperazine rings is 1. The molecule has 3 aromatic heterocycles. The summed E-state index contributed by atoms with van der Waals surface area (Å²) in [6, 6.07) is 4.39. The quantitative estimate of drug-likeness (QED) is 0.765. The highest BCUT2D eigenvalue weighted by molar-refractivity contribution is 5.83. The minimum atomic E-state index is 0.608. The lowest BCUT2D eigenvalue weighted by Gasteiger charge is -2.30. The Kier molecular flexibility index (Phi) is 3.24. The van der Waals surface area contributed by atoms with E-state index in [0.29, 0.717) is 5.56 Å². The molecule has 4 rings (SSSR count). The number of rotatable bonds is 2. The van der Waals surface area contributed by atoms with Crippen molar-refractivity contribution in [1.29, 1.82) is 5.26 Å². The Hall–Kier alpha value is -2.85. The maximum absolute atomic E-state index is 9.39. The summed E-state index contributed by atoms with van der Waals surface area (Å²) in [5.74, 6) is 0. The maximum Gasteiger partial charge on any atom is 0.107 e. The normalized spacial score (nSPS) is 15.0. The van der Waals surface area contributed by atoms with Crippen LogP contribution < -0.4 is 10.2 Å². The molecule has 116 valence electrons. The lowest BCUT2D eigenvalue weighted by atomic mass is 10.1. The van der Waals surface area contributed by atoms with Gasteiger partial charge in [-0.25, -0.2) is 4.52 Å². The number of aromatic nitrogens is 4. The van der Waals surface area contributed by atoms with Gasteiger partial charge in [-0.15, -0.1) is 0 Å². The van der Waals surface area contributed by atoms with Gasteiger partial charge in [-0.2, -0.15) is 15.5 Å². The molecule has 1 N–H and O–H groups in total. The number of nitrogens with one attached hydrogen (secondary N) is 1.